The van der Waals surface area contributed by atoms with Gasteiger partial charge in [-0.3, -0.25) is 14.0 Å². The molecule has 0 saturated carbocycles. The van der Waals surface area contributed by atoms with Gasteiger partial charge in [-0.2, -0.15) is 13.9 Å². The van der Waals surface area contributed by atoms with Gasteiger partial charge in [-0.1, -0.05) is 18.2 Å². The maximum Gasteiger partial charge on any atom is 0.352 e. The first kappa shape index (κ1) is 25.3. The highest BCUT2D eigenvalue weighted by molar-refractivity contribution is 5.80. The van der Waals surface area contributed by atoms with Crippen molar-refractivity contribution in [2.45, 2.75) is 12.3 Å². The lowest BCUT2D eigenvalue weighted by Gasteiger charge is -2.26. The summed E-state index contributed by atoms with van der Waals surface area (Å²) in [5, 5.41) is 12.2. The first-order chi connectivity index (χ1) is 18.9. The number of morpholine rings is 1. The molecule has 1 aromatic carbocycles. The fourth-order valence-corrected chi connectivity index (χ4v) is 4.73. The Hall–Kier alpha value is -4.03. The molecule has 0 spiro atoms. The van der Waals surface area contributed by atoms with Crippen molar-refractivity contribution < 1.29 is 22.6 Å². The van der Waals surface area contributed by atoms with Crippen molar-refractivity contribution in [3.63, 3.8) is 0 Å². The van der Waals surface area contributed by atoms with E-state index in [-0.39, 0.29) is 18.0 Å². The lowest BCUT2D eigenvalue weighted by molar-refractivity contribution is 0.0231. The lowest BCUT2D eigenvalue weighted by atomic mass is 10.1. The van der Waals surface area contributed by atoms with E-state index >= 15 is 8.78 Å². The summed E-state index contributed by atoms with van der Waals surface area (Å²) in [6.07, 6.45) is 5.21. The molecule has 0 atom stereocenters. The van der Waals surface area contributed by atoms with Crippen LogP contribution in [0.2, 0.25) is 0 Å². The zero-order valence-corrected chi connectivity index (χ0v) is 21.2. The highest BCUT2D eigenvalue weighted by Gasteiger charge is 2.44. The molecular formula is C27H26F3N7O2. The molecule has 5 aromatic rings. The number of fused-ring (bicyclic) bond motifs is 2. The number of benzene rings is 1. The maximum absolute atomic E-state index is 16.3. The van der Waals surface area contributed by atoms with Gasteiger partial charge in [-0.25, -0.2) is 9.37 Å². The zero-order valence-electron chi connectivity index (χ0n) is 21.2. The predicted octanol–water partition coefficient (Wildman–Crippen LogP) is 4.06. The first-order valence-electron chi connectivity index (χ1n) is 12.6. The molecule has 1 aliphatic rings. The van der Waals surface area contributed by atoms with E-state index in [1.54, 1.807) is 48.3 Å². The number of hydrogen-bond acceptors (Lipinski definition) is 7. The standard InChI is InChI=1S/C27H26F3N7O2/c1-35-16-20(15-31-35)19-13-21(28)25-33-34-26(37(25)17-19)27(29,30)24-23(14-18-5-2-3-6-22(18)32-24)39-10-4-7-36-8-11-38-12-9-36/h2-3,5-6,13-17H,4,7-12H2,1H3. The molecule has 0 N–H and O–H groups in total. The van der Waals surface area contributed by atoms with Crippen LogP contribution in [0.3, 0.4) is 0 Å². The van der Waals surface area contributed by atoms with Gasteiger partial charge in [-0.05, 0) is 24.6 Å². The number of hydrogen-bond donors (Lipinski definition) is 0. The van der Waals surface area contributed by atoms with Crippen molar-refractivity contribution in [1.29, 1.82) is 0 Å². The second-order valence-electron chi connectivity index (χ2n) is 9.45. The third kappa shape index (κ3) is 4.92. The number of halogens is 3. The smallest absolute Gasteiger partial charge is 0.352 e. The van der Waals surface area contributed by atoms with Crippen molar-refractivity contribution in [1.82, 2.24) is 34.3 Å². The zero-order chi connectivity index (χ0) is 27.0. The van der Waals surface area contributed by atoms with Gasteiger partial charge in [0.05, 0.1) is 31.5 Å². The number of aromatic nitrogens is 6. The van der Waals surface area contributed by atoms with Crippen molar-refractivity contribution in [2.75, 3.05) is 39.5 Å². The summed E-state index contributed by atoms with van der Waals surface area (Å²) >= 11 is 0. The number of pyridine rings is 2. The van der Waals surface area contributed by atoms with E-state index in [0.29, 0.717) is 41.7 Å². The Balaban J connectivity index is 1.37. The van der Waals surface area contributed by atoms with E-state index in [4.69, 9.17) is 9.47 Å². The van der Waals surface area contributed by atoms with Crippen LogP contribution in [-0.4, -0.2) is 73.7 Å². The minimum atomic E-state index is -3.75. The van der Waals surface area contributed by atoms with Crippen molar-refractivity contribution in [2.24, 2.45) is 7.05 Å². The second-order valence-corrected chi connectivity index (χ2v) is 9.45. The Morgan fingerprint density at radius 3 is 2.67 bits per heavy atom. The summed E-state index contributed by atoms with van der Waals surface area (Å²) in [6.45, 7) is 4.02. The van der Waals surface area contributed by atoms with Crippen LogP contribution < -0.4 is 4.74 Å². The minimum Gasteiger partial charge on any atom is -0.491 e. The molecule has 0 radical (unpaired) electrons. The first-order valence-corrected chi connectivity index (χ1v) is 12.6. The van der Waals surface area contributed by atoms with E-state index in [1.807, 2.05) is 0 Å². The summed E-state index contributed by atoms with van der Waals surface area (Å²) < 4.78 is 61.3. The van der Waals surface area contributed by atoms with Crippen molar-refractivity contribution in [3.05, 3.63) is 72.3 Å². The molecule has 9 nitrogen and oxygen atoms in total. The number of nitrogens with zero attached hydrogens (tertiary/aromatic N) is 7. The highest BCUT2D eigenvalue weighted by atomic mass is 19.3. The molecular weight excluding hydrogens is 511 g/mol. The van der Waals surface area contributed by atoms with Gasteiger partial charge in [0.1, 0.15) is 5.75 Å². The average molecular weight is 538 g/mol. The van der Waals surface area contributed by atoms with Crippen molar-refractivity contribution in [3.8, 4) is 16.9 Å². The molecule has 12 heteroatoms. The molecule has 5 heterocycles. The molecule has 1 saturated heterocycles. The predicted molar refractivity (Wildman–Crippen MR) is 137 cm³/mol. The van der Waals surface area contributed by atoms with Crippen LogP contribution >= 0.6 is 0 Å². The van der Waals surface area contributed by atoms with E-state index < -0.39 is 23.3 Å². The Morgan fingerprint density at radius 1 is 1.05 bits per heavy atom. The van der Waals surface area contributed by atoms with Crippen LogP contribution in [0.1, 0.15) is 17.9 Å². The number of rotatable bonds is 8. The summed E-state index contributed by atoms with van der Waals surface area (Å²) in [7, 11) is 1.71. The summed E-state index contributed by atoms with van der Waals surface area (Å²) in [5.74, 6) is -5.34. The Kier molecular flexibility index (Phi) is 6.65. The SMILES string of the molecule is Cn1cc(-c2cc(F)c3nnc(C(F)(F)c4nc5ccccc5cc4OCCCN4CCOCC4)n3c2)cn1. The monoisotopic (exact) mass is 537 g/mol. The number of para-hydroxylation sites is 1. The van der Waals surface area contributed by atoms with Gasteiger partial charge in [0, 0.05) is 55.6 Å². The fourth-order valence-electron chi connectivity index (χ4n) is 4.73. The molecule has 0 unspecified atom stereocenters. The van der Waals surface area contributed by atoms with E-state index in [0.717, 1.165) is 24.0 Å². The van der Waals surface area contributed by atoms with Crippen LogP contribution in [0.4, 0.5) is 13.2 Å². The van der Waals surface area contributed by atoms with Crippen molar-refractivity contribution >= 4 is 16.6 Å². The molecule has 202 valence electrons. The number of ether oxygens (including phenoxy) is 2. The van der Waals surface area contributed by atoms with Gasteiger partial charge in [-0.15, -0.1) is 10.2 Å². The van der Waals surface area contributed by atoms with Gasteiger partial charge < -0.3 is 9.47 Å². The van der Waals surface area contributed by atoms with E-state index in [2.05, 4.69) is 25.2 Å². The van der Waals surface area contributed by atoms with Gasteiger partial charge in [0.15, 0.2) is 17.2 Å². The molecule has 6 rings (SSSR count). The number of alkyl halides is 2. The molecule has 4 aromatic heterocycles. The van der Waals surface area contributed by atoms with Gasteiger partial charge in [0.25, 0.3) is 0 Å². The molecule has 0 bridgehead atoms. The molecule has 39 heavy (non-hydrogen) atoms. The largest absolute Gasteiger partial charge is 0.491 e. The highest BCUT2D eigenvalue weighted by Crippen LogP contribution is 2.40. The van der Waals surface area contributed by atoms with Crippen LogP contribution in [0.25, 0.3) is 27.7 Å². The quantitative estimate of drug-likeness (QED) is 0.276. The van der Waals surface area contributed by atoms with Crippen LogP contribution in [0.15, 0.2) is 55.0 Å². The van der Waals surface area contributed by atoms with E-state index in [9.17, 15) is 4.39 Å². The third-order valence-electron chi connectivity index (χ3n) is 6.75. The number of aryl methyl sites for hydroxylation is 1. The molecule has 1 aliphatic heterocycles. The van der Waals surface area contributed by atoms with Gasteiger partial charge in [0.2, 0.25) is 5.82 Å². The summed E-state index contributed by atoms with van der Waals surface area (Å²) in [4.78, 5) is 6.54. The molecule has 0 amide bonds. The summed E-state index contributed by atoms with van der Waals surface area (Å²) in [6, 6.07) is 9.75. The van der Waals surface area contributed by atoms with Crippen LogP contribution in [-0.2, 0) is 17.7 Å². The summed E-state index contributed by atoms with van der Waals surface area (Å²) in [5.41, 5.74) is 0.384. The molecule has 0 aliphatic carbocycles. The second kappa shape index (κ2) is 10.3. The Labute approximate surface area is 221 Å². The lowest BCUT2D eigenvalue weighted by Crippen LogP contribution is -2.37. The maximum atomic E-state index is 16.3. The average Bonchev–Trinajstić information content (AvgIpc) is 3.58. The topological polar surface area (TPSA) is 82.6 Å². The molecule has 1 fully saturated rings. The third-order valence-corrected chi connectivity index (χ3v) is 6.75. The minimum absolute atomic E-state index is 0.0543. The van der Waals surface area contributed by atoms with E-state index in [1.165, 1.54) is 18.5 Å². The Bertz CT molecular complexity index is 1630. The normalized spacial score (nSPS) is 14.9. The van der Waals surface area contributed by atoms with Crippen LogP contribution in [0, 0.1) is 5.82 Å². The Morgan fingerprint density at radius 2 is 1.87 bits per heavy atom. The van der Waals surface area contributed by atoms with Crippen LogP contribution in [0.5, 0.6) is 5.75 Å². The fraction of sp³-hybridized carbons (Fsp3) is 0.333. The van der Waals surface area contributed by atoms with Gasteiger partial charge >= 0.3 is 5.92 Å².